The molecule has 120 valence electrons. The van der Waals surface area contributed by atoms with Gasteiger partial charge in [0.2, 0.25) is 0 Å². The van der Waals surface area contributed by atoms with Crippen LogP contribution < -0.4 is 19.5 Å². The second-order valence-corrected chi connectivity index (χ2v) is 5.39. The Bertz CT molecular complexity index is 690. The molecule has 0 aliphatic carbocycles. The number of rotatable bonds is 4. The van der Waals surface area contributed by atoms with Gasteiger partial charge < -0.3 is 19.5 Å². The molecule has 0 aromatic heterocycles. The fraction of sp³-hybridized carbons (Fsp3) is 0.235. The van der Waals surface area contributed by atoms with E-state index >= 15 is 0 Å². The quantitative estimate of drug-likeness (QED) is 0.930. The van der Waals surface area contributed by atoms with Gasteiger partial charge in [0.25, 0.3) is 5.91 Å². The smallest absolute Gasteiger partial charge is 0.262 e. The third-order valence-electron chi connectivity index (χ3n) is 3.22. The van der Waals surface area contributed by atoms with E-state index in [1.54, 1.807) is 24.3 Å². The van der Waals surface area contributed by atoms with Crippen LogP contribution in [0.4, 0.5) is 5.69 Å². The van der Waals surface area contributed by atoms with Crippen molar-refractivity contribution in [3.8, 4) is 17.2 Å². The Labute approximate surface area is 139 Å². The molecule has 1 aliphatic rings. The zero-order valence-corrected chi connectivity index (χ0v) is 13.1. The Morgan fingerprint density at radius 1 is 1.13 bits per heavy atom. The molecule has 1 amide bonds. The maximum Gasteiger partial charge on any atom is 0.262 e. The molecule has 1 aliphatic heterocycles. The summed E-state index contributed by atoms with van der Waals surface area (Å²) in [6.07, 6.45) is 0.804. The highest BCUT2D eigenvalue weighted by Crippen LogP contribution is 2.37. The van der Waals surface area contributed by atoms with Crippen molar-refractivity contribution < 1.29 is 19.0 Å². The molecule has 0 atom stereocenters. The van der Waals surface area contributed by atoms with E-state index in [0.29, 0.717) is 41.2 Å². The highest BCUT2D eigenvalue weighted by atomic mass is 35.5. The van der Waals surface area contributed by atoms with E-state index in [-0.39, 0.29) is 12.5 Å². The number of carbonyl (C=O) groups is 1. The molecule has 0 saturated carbocycles. The minimum absolute atomic E-state index is 0.102. The summed E-state index contributed by atoms with van der Waals surface area (Å²) in [4.78, 5) is 12.0. The van der Waals surface area contributed by atoms with Crippen molar-refractivity contribution in [2.75, 3.05) is 25.1 Å². The molecule has 2 aromatic rings. The highest BCUT2D eigenvalue weighted by Gasteiger charge is 2.15. The summed E-state index contributed by atoms with van der Waals surface area (Å²) in [5.74, 6) is 1.50. The van der Waals surface area contributed by atoms with Crippen LogP contribution in [0, 0.1) is 0 Å². The standard InChI is InChI=1S/C17H16ClNO4/c18-13-9-15-16(22-8-4-7-21-15)10-14(13)19-17(20)11-23-12-5-2-1-3-6-12/h1-3,5-6,9-10H,4,7-8,11H2,(H,19,20). The molecule has 0 unspecified atom stereocenters. The van der Waals surface area contributed by atoms with Gasteiger partial charge in [0.05, 0.1) is 23.9 Å². The Balaban J connectivity index is 1.65. The molecule has 0 spiro atoms. The predicted octanol–water partition coefficient (Wildman–Crippen LogP) is 3.52. The van der Waals surface area contributed by atoms with Gasteiger partial charge in [-0.15, -0.1) is 0 Å². The number of hydrogen-bond donors (Lipinski definition) is 1. The van der Waals surface area contributed by atoms with E-state index in [1.807, 2.05) is 18.2 Å². The SMILES string of the molecule is O=C(COc1ccccc1)Nc1cc2c(cc1Cl)OCCCO2. The van der Waals surface area contributed by atoms with Gasteiger partial charge in [-0.05, 0) is 12.1 Å². The number of nitrogens with one attached hydrogen (secondary N) is 1. The van der Waals surface area contributed by atoms with Crippen molar-refractivity contribution in [2.24, 2.45) is 0 Å². The van der Waals surface area contributed by atoms with E-state index in [1.165, 1.54) is 0 Å². The van der Waals surface area contributed by atoms with Gasteiger partial charge in [-0.25, -0.2) is 0 Å². The fourth-order valence-electron chi connectivity index (χ4n) is 2.13. The third-order valence-corrected chi connectivity index (χ3v) is 3.54. The van der Waals surface area contributed by atoms with E-state index < -0.39 is 0 Å². The number of benzene rings is 2. The van der Waals surface area contributed by atoms with E-state index in [9.17, 15) is 4.79 Å². The summed E-state index contributed by atoms with van der Waals surface area (Å²) in [6, 6.07) is 12.5. The molecular weight excluding hydrogens is 318 g/mol. The lowest BCUT2D eigenvalue weighted by Gasteiger charge is -2.13. The zero-order valence-electron chi connectivity index (χ0n) is 12.4. The van der Waals surface area contributed by atoms with Gasteiger partial charge in [0.15, 0.2) is 18.1 Å². The summed E-state index contributed by atoms with van der Waals surface area (Å²) < 4.78 is 16.5. The van der Waals surface area contributed by atoms with Gasteiger partial charge >= 0.3 is 0 Å². The van der Waals surface area contributed by atoms with Crippen molar-refractivity contribution in [3.05, 3.63) is 47.5 Å². The second kappa shape index (κ2) is 7.24. The largest absolute Gasteiger partial charge is 0.490 e. The van der Waals surface area contributed by atoms with Crippen LogP contribution in [0.2, 0.25) is 5.02 Å². The minimum Gasteiger partial charge on any atom is -0.490 e. The highest BCUT2D eigenvalue weighted by molar-refractivity contribution is 6.34. The van der Waals surface area contributed by atoms with Crippen molar-refractivity contribution >= 4 is 23.2 Å². The lowest BCUT2D eigenvalue weighted by atomic mass is 10.2. The number of halogens is 1. The molecule has 1 N–H and O–H groups in total. The number of amides is 1. The Morgan fingerprint density at radius 2 is 1.83 bits per heavy atom. The molecule has 3 rings (SSSR count). The molecule has 0 bridgehead atoms. The Hall–Kier alpha value is -2.40. The molecule has 23 heavy (non-hydrogen) atoms. The first kappa shape index (κ1) is 15.5. The number of ether oxygens (including phenoxy) is 3. The molecule has 0 saturated heterocycles. The number of para-hydroxylation sites is 1. The number of hydrogen-bond acceptors (Lipinski definition) is 4. The molecule has 0 radical (unpaired) electrons. The van der Waals surface area contributed by atoms with E-state index in [2.05, 4.69) is 5.32 Å². The van der Waals surface area contributed by atoms with Crippen LogP contribution in [-0.2, 0) is 4.79 Å². The lowest BCUT2D eigenvalue weighted by Crippen LogP contribution is -2.20. The number of anilines is 1. The molecular formula is C17H16ClNO4. The summed E-state index contributed by atoms with van der Waals surface area (Å²) >= 11 is 6.18. The molecule has 1 heterocycles. The topological polar surface area (TPSA) is 56.8 Å². The van der Waals surface area contributed by atoms with Gasteiger partial charge in [0.1, 0.15) is 5.75 Å². The summed E-state index contributed by atoms with van der Waals surface area (Å²) in [7, 11) is 0. The van der Waals surface area contributed by atoms with Crippen LogP contribution in [-0.4, -0.2) is 25.7 Å². The van der Waals surface area contributed by atoms with Crippen LogP contribution in [0.1, 0.15) is 6.42 Å². The summed E-state index contributed by atoms with van der Waals surface area (Å²) in [6.45, 7) is 1.05. The first-order valence-corrected chi connectivity index (χ1v) is 7.67. The van der Waals surface area contributed by atoms with Crippen LogP contribution >= 0.6 is 11.6 Å². The van der Waals surface area contributed by atoms with Gasteiger partial charge in [-0.2, -0.15) is 0 Å². The monoisotopic (exact) mass is 333 g/mol. The molecule has 5 nitrogen and oxygen atoms in total. The van der Waals surface area contributed by atoms with Gasteiger partial charge in [0, 0.05) is 18.6 Å². The Morgan fingerprint density at radius 3 is 2.57 bits per heavy atom. The van der Waals surface area contributed by atoms with Crippen LogP contribution in [0.5, 0.6) is 17.2 Å². The lowest BCUT2D eigenvalue weighted by molar-refractivity contribution is -0.118. The predicted molar refractivity (Wildman–Crippen MR) is 87.6 cm³/mol. The molecule has 0 fully saturated rings. The zero-order chi connectivity index (χ0) is 16.1. The normalized spacial score (nSPS) is 13.1. The minimum atomic E-state index is -0.301. The fourth-order valence-corrected chi connectivity index (χ4v) is 2.33. The summed E-state index contributed by atoms with van der Waals surface area (Å²) in [5, 5.41) is 3.11. The van der Waals surface area contributed by atoms with Crippen molar-refractivity contribution in [2.45, 2.75) is 6.42 Å². The molecule has 6 heteroatoms. The molecule has 2 aromatic carbocycles. The van der Waals surface area contributed by atoms with Crippen LogP contribution in [0.3, 0.4) is 0 Å². The number of carbonyl (C=O) groups excluding carboxylic acids is 1. The van der Waals surface area contributed by atoms with E-state index in [0.717, 1.165) is 6.42 Å². The van der Waals surface area contributed by atoms with Crippen LogP contribution in [0.25, 0.3) is 0 Å². The van der Waals surface area contributed by atoms with Crippen molar-refractivity contribution in [1.29, 1.82) is 0 Å². The third kappa shape index (κ3) is 4.07. The average molecular weight is 334 g/mol. The van der Waals surface area contributed by atoms with Gasteiger partial charge in [-0.3, -0.25) is 4.79 Å². The maximum absolute atomic E-state index is 12.0. The summed E-state index contributed by atoms with van der Waals surface area (Å²) in [5.41, 5.74) is 0.470. The van der Waals surface area contributed by atoms with Crippen molar-refractivity contribution in [3.63, 3.8) is 0 Å². The first-order valence-electron chi connectivity index (χ1n) is 7.29. The van der Waals surface area contributed by atoms with Crippen molar-refractivity contribution in [1.82, 2.24) is 0 Å². The number of fused-ring (bicyclic) bond motifs is 1. The first-order chi connectivity index (χ1) is 11.2. The van der Waals surface area contributed by atoms with Crippen LogP contribution in [0.15, 0.2) is 42.5 Å². The Kier molecular flexibility index (Phi) is 4.88. The maximum atomic E-state index is 12.0. The van der Waals surface area contributed by atoms with Gasteiger partial charge in [-0.1, -0.05) is 29.8 Å². The average Bonchev–Trinajstić information content (AvgIpc) is 2.79. The van der Waals surface area contributed by atoms with E-state index in [4.69, 9.17) is 25.8 Å². The second-order valence-electron chi connectivity index (χ2n) is 4.98.